The van der Waals surface area contributed by atoms with E-state index >= 15 is 0 Å². The average Bonchev–Trinajstić information content (AvgIpc) is 3.26. The van der Waals surface area contributed by atoms with Gasteiger partial charge in [0.15, 0.2) is 0 Å². The molecule has 1 N–H and O–H groups in total. The average molecular weight is 391 g/mol. The largest absolute Gasteiger partial charge is 0.417 e. The molecular weight excluding hydrogens is 369 g/mol. The summed E-state index contributed by atoms with van der Waals surface area (Å²) < 4.78 is 37.8. The van der Waals surface area contributed by atoms with Gasteiger partial charge in [0.25, 0.3) is 0 Å². The Labute approximate surface area is 155 Å². The lowest BCUT2D eigenvalue weighted by molar-refractivity contribution is -0.137. The van der Waals surface area contributed by atoms with Crippen molar-refractivity contribution in [1.29, 1.82) is 0 Å². The van der Waals surface area contributed by atoms with Gasteiger partial charge in [0.2, 0.25) is 5.91 Å². The lowest BCUT2D eigenvalue weighted by Crippen LogP contribution is -2.37. The third kappa shape index (κ3) is 4.59. The van der Waals surface area contributed by atoms with Gasteiger partial charge in [0.05, 0.1) is 10.6 Å². The van der Waals surface area contributed by atoms with Crippen LogP contribution in [0, 0.1) is 0 Å². The molecule has 144 valence electrons. The number of rotatable bonds is 5. The molecule has 2 aliphatic heterocycles. The predicted molar refractivity (Wildman–Crippen MR) is 93.1 cm³/mol. The number of pyridine rings is 1. The molecule has 2 fully saturated rings. The Hall–Kier alpha value is -1.54. The van der Waals surface area contributed by atoms with Gasteiger partial charge in [0.1, 0.15) is 5.82 Å². The van der Waals surface area contributed by atoms with E-state index in [1.807, 2.05) is 4.90 Å². The Kier molecular flexibility index (Phi) is 5.92. The second kappa shape index (κ2) is 8.00. The number of nitrogens with zero attached hydrogens (tertiary/aromatic N) is 3. The van der Waals surface area contributed by atoms with E-state index in [1.54, 1.807) is 0 Å². The monoisotopic (exact) mass is 390 g/mol. The Balaban J connectivity index is 1.45. The van der Waals surface area contributed by atoms with Crippen molar-refractivity contribution in [3.05, 3.63) is 22.8 Å². The summed E-state index contributed by atoms with van der Waals surface area (Å²) in [7, 11) is 0. The number of carbonyl (C=O) groups is 1. The van der Waals surface area contributed by atoms with Gasteiger partial charge in [-0.1, -0.05) is 11.6 Å². The number of anilines is 1. The summed E-state index contributed by atoms with van der Waals surface area (Å²) in [5.41, 5.74) is -0.894. The van der Waals surface area contributed by atoms with Crippen LogP contribution in [0.2, 0.25) is 5.02 Å². The summed E-state index contributed by atoms with van der Waals surface area (Å²) in [6.45, 7) is 4.04. The predicted octanol–water partition coefficient (Wildman–Crippen LogP) is 3.25. The highest BCUT2D eigenvalue weighted by molar-refractivity contribution is 6.32. The number of aromatic nitrogens is 1. The van der Waals surface area contributed by atoms with E-state index in [0.717, 1.165) is 44.9 Å². The zero-order valence-corrected chi connectivity index (χ0v) is 15.1. The van der Waals surface area contributed by atoms with E-state index in [9.17, 15) is 18.0 Å². The van der Waals surface area contributed by atoms with Gasteiger partial charge in [-0.3, -0.25) is 9.69 Å². The number of nitrogens with one attached hydrogen (secondary N) is 1. The van der Waals surface area contributed by atoms with Crippen molar-refractivity contribution in [3.63, 3.8) is 0 Å². The molecule has 1 amide bonds. The molecule has 0 aliphatic carbocycles. The van der Waals surface area contributed by atoms with E-state index in [1.165, 1.54) is 12.8 Å². The number of hydrogen-bond acceptors (Lipinski definition) is 4. The number of amides is 1. The molecule has 1 aromatic heterocycles. The van der Waals surface area contributed by atoms with Gasteiger partial charge >= 0.3 is 6.18 Å². The zero-order chi connectivity index (χ0) is 18.7. The van der Waals surface area contributed by atoms with Gasteiger partial charge in [-0.05, 0) is 38.4 Å². The molecule has 1 unspecified atom stereocenters. The van der Waals surface area contributed by atoms with Crippen LogP contribution >= 0.6 is 11.6 Å². The van der Waals surface area contributed by atoms with Crippen LogP contribution in [0.5, 0.6) is 0 Å². The minimum Gasteiger partial charge on any atom is -0.368 e. The van der Waals surface area contributed by atoms with E-state index in [0.29, 0.717) is 6.04 Å². The Bertz CT molecular complexity index is 649. The zero-order valence-electron chi connectivity index (χ0n) is 14.4. The molecule has 1 atom stereocenters. The van der Waals surface area contributed by atoms with Gasteiger partial charge in [-0.25, -0.2) is 4.98 Å². The minimum atomic E-state index is -4.48. The molecular formula is C17H22ClF3N4O. The summed E-state index contributed by atoms with van der Waals surface area (Å²) in [5.74, 6) is 0.200. The fraction of sp³-hybridized carbons (Fsp3) is 0.647. The van der Waals surface area contributed by atoms with Crippen LogP contribution in [0.3, 0.4) is 0 Å². The van der Waals surface area contributed by atoms with Crippen molar-refractivity contribution in [2.45, 2.75) is 37.9 Å². The first-order chi connectivity index (χ1) is 12.3. The highest BCUT2D eigenvalue weighted by Crippen LogP contribution is 2.32. The van der Waals surface area contributed by atoms with Crippen molar-refractivity contribution in [3.8, 4) is 0 Å². The van der Waals surface area contributed by atoms with Crippen molar-refractivity contribution in [1.82, 2.24) is 14.8 Å². The lowest BCUT2D eigenvalue weighted by atomic mass is 10.2. The van der Waals surface area contributed by atoms with Crippen LogP contribution in [0.1, 0.15) is 31.2 Å². The molecule has 1 aromatic rings. The Morgan fingerprint density at radius 1 is 1.31 bits per heavy atom. The number of alkyl halides is 3. The second-order valence-corrected chi connectivity index (χ2v) is 7.16. The SMILES string of the molecule is O=C(CCNc1ncc(C(F)(F)F)cc1Cl)N1CCC(N2CCCC2)C1. The first-order valence-corrected chi connectivity index (χ1v) is 9.21. The van der Waals surface area contributed by atoms with Gasteiger partial charge < -0.3 is 10.2 Å². The molecule has 0 radical (unpaired) electrons. The Morgan fingerprint density at radius 2 is 2.04 bits per heavy atom. The Morgan fingerprint density at radius 3 is 2.69 bits per heavy atom. The van der Waals surface area contributed by atoms with E-state index in [2.05, 4.69) is 15.2 Å². The van der Waals surface area contributed by atoms with Crippen molar-refractivity contribution < 1.29 is 18.0 Å². The van der Waals surface area contributed by atoms with E-state index < -0.39 is 11.7 Å². The molecule has 2 saturated heterocycles. The van der Waals surface area contributed by atoms with Crippen LogP contribution in [-0.4, -0.2) is 59.5 Å². The van der Waals surface area contributed by atoms with Crippen LogP contribution < -0.4 is 5.32 Å². The topological polar surface area (TPSA) is 48.5 Å². The molecule has 26 heavy (non-hydrogen) atoms. The summed E-state index contributed by atoms with van der Waals surface area (Å²) in [6.07, 6.45) is -0.0222. The van der Waals surface area contributed by atoms with Gasteiger partial charge in [0, 0.05) is 38.3 Å². The van der Waals surface area contributed by atoms with Crippen LogP contribution in [0.4, 0.5) is 19.0 Å². The molecule has 0 aromatic carbocycles. The van der Waals surface area contributed by atoms with Gasteiger partial charge in [-0.2, -0.15) is 13.2 Å². The van der Waals surface area contributed by atoms with Gasteiger partial charge in [-0.15, -0.1) is 0 Å². The molecule has 3 heterocycles. The summed E-state index contributed by atoms with van der Waals surface area (Å²) in [6, 6.07) is 1.29. The van der Waals surface area contributed by atoms with Crippen LogP contribution in [0.25, 0.3) is 0 Å². The molecule has 5 nitrogen and oxygen atoms in total. The smallest absolute Gasteiger partial charge is 0.368 e. The fourth-order valence-electron chi connectivity index (χ4n) is 3.54. The maximum Gasteiger partial charge on any atom is 0.417 e. The second-order valence-electron chi connectivity index (χ2n) is 6.75. The molecule has 0 bridgehead atoms. The van der Waals surface area contributed by atoms with Crippen molar-refractivity contribution >= 4 is 23.3 Å². The molecule has 0 spiro atoms. The number of likely N-dealkylation sites (tertiary alicyclic amines) is 2. The third-order valence-corrected chi connectivity index (χ3v) is 5.26. The van der Waals surface area contributed by atoms with E-state index in [-0.39, 0.29) is 29.7 Å². The first-order valence-electron chi connectivity index (χ1n) is 8.83. The number of carbonyl (C=O) groups excluding carboxylic acids is 1. The fourth-order valence-corrected chi connectivity index (χ4v) is 3.78. The normalized spacial score (nSPS) is 21.4. The molecule has 3 rings (SSSR count). The summed E-state index contributed by atoms with van der Waals surface area (Å²) in [5, 5.41) is 2.74. The molecule has 0 saturated carbocycles. The highest BCUT2D eigenvalue weighted by Gasteiger charge is 2.32. The maximum atomic E-state index is 12.6. The maximum absolute atomic E-state index is 12.6. The first kappa shape index (κ1) is 19.2. The quantitative estimate of drug-likeness (QED) is 0.838. The highest BCUT2D eigenvalue weighted by atomic mass is 35.5. The number of halogens is 4. The van der Waals surface area contributed by atoms with Crippen molar-refractivity contribution in [2.24, 2.45) is 0 Å². The molecule has 2 aliphatic rings. The molecule has 9 heteroatoms. The summed E-state index contributed by atoms with van der Waals surface area (Å²) >= 11 is 5.84. The third-order valence-electron chi connectivity index (χ3n) is 4.97. The number of hydrogen-bond donors (Lipinski definition) is 1. The summed E-state index contributed by atoms with van der Waals surface area (Å²) in [4.78, 5) is 20.4. The van der Waals surface area contributed by atoms with Crippen molar-refractivity contribution in [2.75, 3.05) is 38.0 Å². The van der Waals surface area contributed by atoms with Crippen LogP contribution in [0.15, 0.2) is 12.3 Å². The van der Waals surface area contributed by atoms with Crippen LogP contribution in [-0.2, 0) is 11.0 Å². The van der Waals surface area contributed by atoms with E-state index in [4.69, 9.17) is 11.6 Å². The standard InChI is InChI=1S/C17H22ClF3N4O/c18-14-9-12(17(19,20)21)10-23-16(14)22-5-3-15(26)25-8-4-13(11-25)24-6-1-2-7-24/h9-10,13H,1-8,11H2,(H,22,23). The minimum absolute atomic E-state index is 0.0437. The lowest BCUT2D eigenvalue weighted by Gasteiger charge is -2.23.